The molecule has 0 saturated carbocycles. The number of ether oxygens (including phenoxy) is 8. The molecule has 0 aliphatic carbocycles. The Hall–Kier alpha value is -7.93. The van der Waals surface area contributed by atoms with Gasteiger partial charge in [-0.3, -0.25) is 9.59 Å². The molecule has 0 fully saturated rings. The molecule has 0 unspecified atom stereocenters. The van der Waals surface area contributed by atoms with E-state index in [4.69, 9.17) is 46.1 Å². The lowest BCUT2D eigenvalue weighted by molar-refractivity contribution is -0.146. The van der Waals surface area contributed by atoms with Gasteiger partial charge in [0, 0.05) is 68.1 Å². The summed E-state index contributed by atoms with van der Waals surface area (Å²) in [4.78, 5) is 25.9. The second kappa shape index (κ2) is 39.6. The molecule has 8 aromatic carbocycles. The summed E-state index contributed by atoms with van der Waals surface area (Å²) < 4.78 is 61.3. The molecule has 0 amide bonds. The van der Waals surface area contributed by atoms with Crippen molar-refractivity contribution in [2.45, 2.75) is 234 Å². The van der Waals surface area contributed by atoms with Crippen LogP contribution in [0.4, 0.5) is 0 Å². The highest BCUT2D eigenvalue weighted by molar-refractivity contribution is 6.87. The van der Waals surface area contributed by atoms with Crippen molar-refractivity contribution in [3.8, 4) is 34.5 Å². The van der Waals surface area contributed by atoms with Gasteiger partial charge in [-0.15, -0.1) is 0 Å². The minimum absolute atomic E-state index is 0. The van der Waals surface area contributed by atoms with Crippen molar-refractivity contribution in [3.63, 3.8) is 0 Å². The van der Waals surface area contributed by atoms with Gasteiger partial charge in [0.25, 0.3) is 0 Å². The molecule has 0 N–H and O–H groups in total. The number of carbonyl (C=O) groups is 2. The lowest BCUT2D eigenvalue weighted by Gasteiger charge is -2.37. The monoisotopic (exact) mass is 1480 g/mol. The highest BCUT2D eigenvalue weighted by Gasteiger charge is 2.42. The van der Waals surface area contributed by atoms with E-state index in [0.717, 1.165) is 144 Å². The van der Waals surface area contributed by atoms with Crippen LogP contribution in [0.5, 0.6) is 34.5 Å². The number of fused-ring (bicyclic) bond motifs is 6. The highest BCUT2D eigenvalue weighted by atomic mass is 28.5. The molecule has 2 aliphatic heterocycles. The van der Waals surface area contributed by atoms with Crippen LogP contribution >= 0.6 is 0 Å². The first-order valence-corrected chi connectivity index (χ1v) is 47.1. The van der Waals surface area contributed by atoms with Crippen molar-refractivity contribution in [1.29, 1.82) is 0 Å². The number of methoxy groups -OCH3 is 4. The average molecular weight is 1480 g/mol. The molecule has 15 heteroatoms. The second-order valence-corrected chi connectivity index (χ2v) is 42.4. The van der Waals surface area contributed by atoms with Gasteiger partial charge in [-0.25, -0.2) is 0 Å². The Labute approximate surface area is 633 Å². The number of rotatable bonds is 37. The van der Waals surface area contributed by atoms with E-state index < -0.39 is 36.4 Å². The Bertz CT molecular complexity index is 4020. The van der Waals surface area contributed by atoms with E-state index in [0.29, 0.717) is 12.8 Å². The number of benzene rings is 8. The van der Waals surface area contributed by atoms with Crippen LogP contribution in [0.15, 0.2) is 158 Å². The van der Waals surface area contributed by atoms with Crippen molar-refractivity contribution in [1.82, 2.24) is 0 Å². The van der Waals surface area contributed by atoms with Crippen molar-refractivity contribution >= 4 is 70.8 Å². The van der Waals surface area contributed by atoms with Crippen LogP contribution in [0, 0.1) is 13.8 Å². The van der Waals surface area contributed by atoms with E-state index in [2.05, 4.69) is 115 Å². The Balaban J connectivity index is 0.000000294. The quantitative estimate of drug-likeness (QED) is 0.0209. The maximum absolute atomic E-state index is 13.1. The van der Waals surface area contributed by atoms with Crippen LogP contribution < -0.4 is 28.4 Å². The lowest BCUT2D eigenvalue weighted by atomic mass is 9.82. The van der Waals surface area contributed by atoms with Gasteiger partial charge in [-0.1, -0.05) is 227 Å². The lowest BCUT2D eigenvalue weighted by Crippen LogP contribution is -2.51. The largest absolute Gasteiger partial charge is 0.497 e. The van der Waals surface area contributed by atoms with E-state index >= 15 is 0 Å². The maximum atomic E-state index is 13.1. The van der Waals surface area contributed by atoms with Crippen LogP contribution in [0.2, 0.25) is 51.9 Å². The Kier molecular flexibility index (Phi) is 31.8. The minimum Gasteiger partial charge on any atom is -0.497 e. The fraction of sp³-hybridized carbons (Fsp3) is 0.444. The topological polar surface area (TPSA) is 126 Å². The van der Waals surface area contributed by atoms with E-state index in [-0.39, 0.29) is 40.0 Å². The molecule has 0 bridgehead atoms. The first-order chi connectivity index (χ1) is 49.6. The van der Waals surface area contributed by atoms with Crippen molar-refractivity contribution in [2.75, 3.05) is 28.4 Å². The van der Waals surface area contributed by atoms with Gasteiger partial charge in [-0.05, 0) is 161 Å². The summed E-state index contributed by atoms with van der Waals surface area (Å²) >= 11 is 0. The zero-order chi connectivity index (χ0) is 73.6. The molecule has 0 aromatic heterocycles. The number of hydrogen-bond donors (Lipinski definition) is 0. The van der Waals surface area contributed by atoms with Gasteiger partial charge in [-0.2, -0.15) is 0 Å². The highest BCUT2D eigenvalue weighted by Crippen LogP contribution is 2.50. The first-order valence-electron chi connectivity index (χ1n) is 37.7. The number of esters is 2. The van der Waals surface area contributed by atoms with Gasteiger partial charge in [0.1, 0.15) is 47.7 Å². The fourth-order valence-electron chi connectivity index (χ4n) is 14.7. The Morgan fingerprint density at radius 1 is 0.390 bits per heavy atom. The van der Waals surface area contributed by atoms with Gasteiger partial charge in [0.2, 0.25) is 0 Å². The molecule has 0 spiro atoms. The van der Waals surface area contributed by atoms with Gasteiger partial charge in [0.15, 0.2) is 27.8 Å². The van der Waals surface area contributed by atoms with Crippen molar-refractivity contribution in [2.24, 2.45) is 0 Å². The van der Waals surface area contributed by atoms with E-state index in [1.54, 1.807) is 28.4 Å². The smallest absolute Gasteiger partial charge is 0.311 e. The number of unbranched alkanes of at least 4 members (excludes halogenated alkanes) is 15. The standard InChI is InChI=1S/C47H66O7Si3.C41H48O5.2CH4/c1-36-41-21-18-19-22-42(41)46-43(32-33-47(52-46,37-24-28-39(49-2)29-25-37)38-26-30-40(50-3)31-27-38)44(36)35-51-45(48)23-17-15-13-11-12-14-16-20-34-56(7,8)54-57(9,10)53-55(4,5)6;1-5-6-7-8-9-10-11-12-13-18-39(42)45-29-38-30(2)35-16-14-15-17-36(35)40-37(38)27-28-41(46-40,31-19-23-33(43-3)24-20-31)32-21-25-34(44-4)26-22-32;;/h18-19,21-22,24-33H,11-17,20,23,34-35H2,1-10H3;14-17,19-28H,5-13,18,29H2,1-4H3;2*1H4. The summed E-state index contributed by atoms with van der Waals surface area (Å²) in [5.74, 6) is 4.36. The summed E-state index contributed by atoms with van der Waals surface area (Å²) in [5.41, 5.74) is 8.09. The zero-order valence-corrected chi connectivity index (χ0v) is 67.1. The van der Waals surface area contributed by atoms with Crippen LogP contribution in [0.25, 0.3) is 33.7 Å². The summed E-state index contributed by atoms with van der Waals surface area (Å²) in [6.07, 6.45) is 29.6. The molecule has 0 saturated heterocycles. The predicted molar refractivity (Wildman–Crippen MR) is 442 cm³/mol. The predicted octanol–water partition coefficient (Wildman–Crippen LogP) is 24.6. The van der Waals surface area contributed by atoms with E-state index in [1.165, 1.54) is 83.1 Å². The van der Waals surface area contributed by atoms with Gasteiger partial charge >= 0.3 is 20.5 Å². The van der Waals surface area contributed by atoms with Crippen molar-refractivity contribution < 1.29 is 55.7 Å². The van der Waals surface area contributed by atoms with E-state index in [9.17, 15) is 9.59 Å². The molecule has 0 radical (unpaired) electrons. The zero-order valence-electron chi connectivity index (χ0n) is 64.1. The molecule has 2 heterocycles. The molecule has 2 aliphatic rings. The molecule has 12 nitrogen and oxygen atoms in total. The fourth-order valence-corrected chi connectivity index (χ4v) is 28.0. The van der Waals surface area contributed by atoms with Crippen LogP contribution in [-0.4, -0.2) is 65.6 Å². The number of aryl methyl sites for hydroxylation is 2. The van der Waals surface area contributed by atoms with Crippen molar-refractivity contribution in [3.05, 3.63) is 213 Å². The van der Waals surface area contributed by atoms with E-state index in [1.807, 2.05) is 121 Å². The molecule has 0 atom stereocenters. The molecule has 566 valence electrons. The molecule has 105 heavy (non-hydrogen) atoms. The van der Waals surface area contributed by atoms with Crippen LogP contribution in [0.1, 0.15) is 199 Å². The Morgan fingerprint density at radius 3 is 1.01 bits per heavy atom. The third-order valence-corrected chi connectivity index (χ3v) is 30.1. The Morgan fingerprint density at radius 2 is 0.695 bits per heavy atom. The molecule has 10 rings (SSSR count). The first kappa shape index (κ1) is 84.3. The third-order valence-electron chi connectivity index (χ3n) is 20.0. The molecular weight excluding hydrogens is 1360 g/mol. The molecular formula is C90H122O12Si3. The average Bonchev–Trinajstić information content (AvgIpc) is 0.733. The van der Waals surface area contributed by atoms with Gasteiger partial charge < -0.3 is 46.1 Å². The summed E-state index contributed by atoms with van der Waals surface area (Å²) in [6, 6.07) is 49.8. The third kappa shape index (κ3) is 22.3. The summed E-state index contributed by atoms with van der Waals surface area (Å²) in [6.45, 7) is 22.7. The van der Waals surface area contributed by atoms with Crippen LogP contribution in [-0.2, 0) is 51.7 Å². The van der Waals surface area contributed by atoms with Gasteiger partial charge in [0.05, 0.1) is 28.4 Å². The van der Waals surface area contributed by atoms with Crippen LogP contribution in [0.3, 0.4) is 0 Å². The summed E-state index contributed by atoms with van der Waals surface area (Å²) in [5, 5.41) is 4.20. The number of carbonyl (C=O) groups excluding carboxylic acids is 2. The normalized spacial score (nSPS) is 13.4. The number of hydrogen-bond acceptors (Lipinski definition) is 12. The SMILES string of the molecule is C.C.CCCCCCCCCCCC(=O)OCc1c2c(c3ccccc3c1C)OC(c1ccc(OC)cc1)(c1ccc(OC)cc1)C=C2.COc1ccc(C2(c3ccc(OC)cc3)C=Cc3c(COC(=O)CCCCCCCCCC[Si](C)(C)O[Si](C)(C)O[Si](C)(C)C)c(C)c4ccccc4c3O2)cc1. The summed E-state index contributed by atoms with van der Waals surface area (Å²) in [7, 11) is 1.27. The maximum Gasteiger partial charge on any atom is 0.311 e. The molecule has 8 aromatic rings. The minimum atomic E-state index is -2.07. The second-order valence-electron chi connectivity index (χ2n) is 29.7.